The maximum atomic E-state index is 12.8. The Kier molecular flexibility index (Phi) is 4.71. The van der Waals surface area contributed by atoms with Crippen LogP contribution in [0.4, 0.5) is 4.39 Å². The van der Waals surface area contributed by atoms with Gasteiger partial charge in [-0.2, -0.15) is 0 Å². The number of hydrogen-bond donors (Lipinski definition) is 1. The zero-order valence-corrected chi connectivity index (χ0v) is 11.2. The summed E-state index contributed by atoms with van der Waals surface area (Å²) in [6.45, 7) is 2.24. The van der Waals surface area contributed by atoms with Gasteiger partial charge in [-0.3, -0.25) is 0 Å². The molecular weight excluding hydrogens is 257 g/mol. The Morgan fingerprint density at radius 3 is 2.50 bits per heavy atom. The zero-order valence-electron chi connectivity index (χ0n) is 11.2. The molecule has 0 heterocycles. The van der Waals surface area contributed by atoms with E-state index in [1.807, 2.05) is 31.2 Å². The van der Waals surface area contributed by atoms with E-state index in [4.69, 9.17) is 9.94 Å². The molecule has 0 aromatic heterocycles. The van der Waals surface area contributed by atoms with E-state index in [2.05, 4.69) is 5.16 Å². The number of para-hydroxylation sites is 1. The number of hydrogen-bond acceptors (Lipinski definition) is 3. The lowest BCUT2D eigenvalue weighted by Gasteiger charge is -2.11. The van der Waals surface area contributed by atoms with Gasteiger partial charge in [-0.1, -0.05) is 36.3 Å². The van der Waals surface area contributed by atoms with Gasteiger partial charge in [0, 0.05) is 5.56 Å². The fraction of sp³-hybridized carbons (Fsp3) is 0.188. The molecular formula is C16H16FNO2. The van der Waals surface area contributed by atoms with Crippen molar-refractivity contribution < 1.29 is 14.3 Å². The van der Waals surface area contributed by atoms with E-state index in [0.29, 0.717) is 24.5 Å². The van der Waals surface area contributed by atoms with Crippen LogP contribution in [0.25, 0.3) is 0 Å². The molecule has 2 aromatic rings. The summed E-state index contributed by atoms with van der Waals surface area (Å²) in [6.07, 6.45) is 0.605. The van der Waals surface area contributed by atoms with E-state index < -0.39 is 0 Å². The van der Waals surface area contributed by atoms with Crippen molar-refractivity contribution in [1.29, 1.82) is 0 Å². The Bertz CT molecular complexity index is 594. The second-order valence-electron chi connectivity index (χ2n) is 4.31. The van der Waals surface area contributed by atoms with Gasteiger partial charge in [0.15, 0.2) is 0 Å². The molecule has 3 nitrogen and oxygen atoms in total. The molecule has 4 heteroatoms. The third-order valence-corrected chi connectivity index (χ3v) is 2.96. The average Bonchev–Trinajstić information content (AvgIpc) is 2.49. The van der Waals surface area contributed by atoms with Gasteiger partial charge in [0.1, 0.15) is 18.2 Å². The smallest absolute Gasteiger partial charge is 0.128 e. The maximum Gasteiger partial charge on any atom is 0.128 e. The molecule has 0 aliphatic heterocycles. The second-order valence-corrected chi connectivity index (χ2v) is 4.31. The molecule has 0 atom stereocenters. The predicted octanol–water partition coefficient (Wildman–Crippen LogP) is 3.99. The summed E-state index contributed by atoms with van der Waals surface area (Å²) in [7, 11) is 0. The molecule has 0 radical (unpaired) electrons. The third kappa shape index (κ3) is 3.35. The van der Waals surface area contributed by atoms with Crippen LogP contribution >= 0.6 is 0 Å². The van der Waals surface area contributed by atoms with Crippen LogP contribution in [0.15, 0.2) is 53.7 Å². The average molecular weight is 273 g/mol. The Labute approximate surface area is 117 Å². The lowest BCUT2D eigenvalue weighted by atomic mass is 10.1. The normalized spacial score (nSPS) is 11.4. The predicted molar refractivity (Wildman–Crippen MR) is 75.8 cm³/mol. The van der Waals surface area contributed by atoms with Crippen LogP contribution in [0.3, 0.4) is 0 Å². The van der Waals surface area contributed by atoms with Gasteiger partial charge >= 0.3 is 0 Å². The van der Waals surface area contributed by atoms with Crippen molar-refractivity contribution >= 4 is 5.71 Å². The Balaban J connectivity index is 2.15. The molecule has 2 rings (SSSR count). The summed E-state index contributed by atoms with van der Waals surface area (Å²) < 4.78 is 18.6. The summed E-state index contributed by atoms with van der Waals surface area (Å²) in [5.41, 5.74) is 2.21. The molecule has 2 aromatic carbocycles. The number of rotatable bonds is 5. The number of halogens is 1. The van der Waals surface area contributed by atoms with E-state index in [1.54, 1.807) is 12.1 Å². The first-order chi connectivity index (χ1) is 9.74. The highest BCUT2D eigenvalue weighted by molar-refractivity contribution is 6.02. The van der Waals surface area contributed by atoms with Gasteiger partial charge < -0.3 is 9.94 Å². The van der Waals surface area contributed by atoms with Gasteiger partial charge in [-0.25, -0.2) is 4.39 Å². The molecule has 0 amide bonds. The van der Waals surface area contributed by atoms with Gasteiger partial charge in [0.25, 0.3) is 0 Å². The molecule has 0 aliphatic carbocycles. The van der Waals surface area contributed by atoms with Crippen LogP contribution in [0.2, 0.25) is 0 Å². The minimum Gasteiger partial charge on any atom is -0.488 e. The van der Waals surface area contributed by atoms with Crippen molar-refractivity contribution in [2.24, 2.45) is 5.16 Å². The minimum atomic E-state index is -0.269. The van der Waals surface area contributed by atoms with E-state index in [0.717, 1.165) is 11.1 Å². The molecule has 1 N–H and O–H groups in total. The molecule has 104 valence electrons. The van der Waals surface area contributed by atoms with Crippen LogP contribution in [-0.4, -0.2) is 10.9 Å². The topological polar surface area (TPSA) is 41.8 Å². The van der Waals surface area contributed by atoms with Crippen molar-refractivity contribution in [2.75, 3.05) is 0 Å². The van der Waals surface area contributed by atoms with Crippen LogP contribution < -0.4 is 4.74 Å². The van der Waals surface area contributed by atoms with E-state index >= 15 is 0 Å². The zero-order chi connectivity index (χ0) is 14.4. The fourth-order valence-electron chi connectivity index (χ4n) is 1.89. The van der Waals surface area contributed by atoms with Crippen LogP contribution in [0, 0.1) is 5.82 Å². The lowest BCUT2D eigenvalue weighted by molar-refractivity contribution is 0.303. The van der Waals surface area contributed by atoms with Gasteiger partial charge in [0.2, 0.25) is 0 Å². The molecule has 0 unspecified atom stereocenters. The van der Waals surface area contributed by atoms with Gasteiger partial charge in [-0.05, 0) is 36.2 Å². The minimum absolute atomic E-state index is 0.269. The van der Waals surface area contributed by atoms with Crippen molar-refractivity contribution in [3.63, 3.8) is 0 Å². The monoisotopic (exact) mass is 273 g/mol. The first-order valence-electron chi connectivity index (χ1n) is 6.42. The first-order valence-corrected chi connectivity index (χ1v) is 6.42. The van der Waals surface area contributed by atoms with E-state index in [9.17, 15) is 4.39 Å². The van der Waals surface area contributed by atoms with Gasteiger partial charge in [0.05, 0.1) is 5.71 Å². The van der Waals surface area contributed by atoms with Gasteiger partial charge in [-0.15, -0.1) is 0 Å². The third-order valence-electron chi connectivity index (χ3n) is 2.96. The number of benzene rings is 2. The largest absolute Gasteiger partial charge is 0.488 e. The Hall–Kier alpha value is -2.36. The van der Waals surface area contributed by atoms with Crippen molar-refractivity contribution in [1.82, 2.24) is 0 Å². The summed E-state index contributed by atoms with van der Waals surface area (Å²) in [5, 5.41) is 12.3. The number of oxime groups is 1. The van der Waals surface area contributed by atoms with Crippen molar-refractivity contribution in [3.8, 4) is 5.75 Å². The molecule has 0 saturated carbocycles. The summed E-state index contributed by atoms with van der Waals surface area (Å²) in [6, 6.07) is 13.5. The Morgan fingerprint density at radius 2 is 1.85 bits per heavy atom. The summed E-state index contributed by atoms with van der Waals surface area (Å²) >= 11 is 0. The highest BCUT2D eigenvalue weighted by Gasteiger charge is 2.09. The standard InChI is InChI=1S/C16H16FNO2/c1-2-15(18-19)14-5-3-4-6-16(14)20-11-12-7-9-13(17)10-8-12/h3-10,19H,2,11H2,1H3/b18-15+. The molecule has 0 aliphatic rings. The maximum absolute atomic E-state index is 12.8. The van der Waals surface area contributed by atoms with E-state index in [1.165, 1.54) is 12.1 Å². The molecule has 0 spiro atoms. The highest BCUT2D eigenvalue weighted by atomic mass is 19.1. The van der Waals surface area contributed by atoms with Crippen molar-refractivity contribution in [3.05, 3.63) is 65.5 Å². The van der Waals surface area contributed by atoms with Crippen molar-refractivity contribution in [2.45, 2.75) is 20.0 Å². The van der Waals surface area contributed by atoms with Crippen LogP contribution in [-0.2, 0) is 6.61 Å². The molecule has 0 fully saturated rings. The number of nitrogens with zero attached hydrogens (tertiary/aromatic N) is 1. The summed E-state index contributed by atoms with van der Waals surface area (Å²) in [5.74, 6) is 0.376. The second kappa shape index (κ2) is 6.70. The molecule has 20 heavy (non-hydrogen) atoms. The quantitative estimate of drug-likeness (QED) is 0.508. The SMILES string of the molecule is CC/C(=N\O)c1ccccc1OCc1ccc(F)cc1. The molecule has 0 bridgehead atoms. The summed E-state index contributed by atoms with van der Waals surface area (Å²) in [4.78, 5) is 0. The fourth-order valence-corrected chi connectivity index (χ4v) is 1.89. The van der Waals surface area contributed by atoms with Crippen LogP contribution in [0.1, 0.15) is 24.5 Å². The number of ether oxygens (including phenoxy) is 1. The lowest BCUT2D eigenvalue weighted by Crippen LogP contribution is -2.04. The first kappa shape index (κ1) is 14.1. The highest BCUT2D eigenvalue weighted by Crippen LogP contribution is 2.21. The van der Waals surface area contributed by atoms with Crippen LogP contribution in [0.5, 0.6) is 5.75 Å². The molecule has 0 saturated heterocycles. The Morgan fingerprint density at radius 1 is 1.15 bits per heavy atom. The van der Waals surface area contributed by atoms with E-state index in [-0.39, 0.29) is 5.82 Å².